The molecule has 0 aliphatic carbocycles. The molecule has 0 aromatic heterocycles. The Kier molecular flexibility index (Phi) is 7.76. The molecule has 0 amide bonds. The van der Waals surface area contributed by atoms with E-state index >= 15 is 0 Å². The van der Waals surface area contributed by atoms with Crippen LogP contribution in [0.4, 0.5) is 0 Å². The van der Waals surface area contributed by atoms with Crippen LogP contribution in [0.5, 0.6) is 23.0 Å². The molecule has 0 saturated carbocycles. The summed E-state index contributed by atoms with van der Waals surface area (Å²) in [6.45, 7) is 4.12. The number of hydrogen-bond acceptors (Lipinski definition) is 4. The average molecular weight is 380 g/mol. The molecule has 0 bridgehead atoms. The Bertz CT molecular complexity index is 773. The molecule has 2 rings (SSSR count). The molecule has 0 unspecified atom stereocenters. The van der Waals surface area contributed by atoms with Crippen LogP contribution in [-0.4, -0.2) is 28.4 Å². The highest BCUT2D eigenvalue weighted by Gasteiger charge is 2.04. The highest BCUT2D eigenvalue weighted by atomic mass is 16.5. The third-order valence-corrected chi connectivity index (χ3v) is 4.42. The van der Waals surface area contributed by atoms with Gasteiger partial charge in [0.2, 0.25) is 0 Å². The molecule has 0 radical (unpaired) electrons. The lowest BCUT2D eigenvalue weighted by Crippen LogP contribution is -1.90. The van der Waals surface area contributed by atoms with Crippen molar-refractivity contribution in [2.45, 2.75) is 13.8 Å². The number of ether oxygens (including phenoxy) is 4. The fraction of sp³-hybridized carbons (Fsp3) is 0.250. The van der Waals surface area contributed by atoms with E-state index in [1.165, 1.54) is 0 Å². The molecule has 28 heavy (non-hydrogen) atoms. The van der Waals surface area contributed by atoms with Crippen LogP contribution in [-0.2, 0) is 0 Å². The quantitative estimate of drug-likeness (QED) is 0.544. The number of methoxy groups -OCH3 is 4. The van der Waals surface area contributed by atoms with Crippen molar-refractivity contribution in [1.82, 2.24) is 0 Å². The van der Waals surface area contributed by atoms with Crippen molar-refractivity contribution < 1.29 is 18.9 Å². The predicted molar refractivity (Wildman–Crippen MR) is 116 cm³/mol. The van der Waals surface area contributed by atoms with E-state index in [1.807, 2.05) is 48.6 Å². The largest absolute Gasteiger partial charge is 0.497 e. The Labute approximate surface area is 167 Å². The smallest absolute Gasteiger partial charge is 0.123 e. The summed E-state index contributed by atoms with van der Waals surface area (Å²) in [6, 6.07) is 11.7. The summed E-state index contributed by atoms with van der Waals surface area (Å²) in [5.41, 5.74) is 4.34. The summed E-state index contributed by atoms with van der Waals surface area (Å²) in [6.07, 6.45) is 8.15. The Hall–Kier alpha value is -3.14. The van der Waals surface area contributed by atoms with Gasteiger partial charge in [0.05, 0.1) is 28.4 Å². The molecule has 148 valence electrons. The minimum Gasteiger partial charge on any atom is -0.497 e. The second kappa shape index (κ2) is 10.3. The van der Waals surface area contributed by atoms with Crippen LogP contribution in [0.25, 0.3) is 11.1 Å². The van der Waals surface area contributed by atoms with Crippen molar-refractivity contribution in [2.75, 3.05) is 28.4 Å². The predicted octanol–water partition coefficient (Wildman–Crippen LogP) is 5.78. The van der Waals surface area contributed by atoms with E-state index in [4.69, 9.17) is 18.9 Å². The van der Waals surface area contributed by atoms with E-state index in [0.29, 0.717) is 0 Å². The van der Waals surface area contributed by atoms with Gasteiger partial charge in [-0.1, -0.05) is 24.3 Å². The fourth-order valence-electron chi connectivity index (χ4n) is 2.66. The van der Waals surface area contributed by atoms with Gasteiger partial charge < -0.3 is 18.9 Å². The zero-order valence-corrected chi connectivity index (χ0v) is 17.4. The van der Waals surface area contributed by atoms with Crippen molar-refractivity contribution in [3.63, 3.8) is 0 Å². The average Bonchev–Trinajstić information content (AvgIpc) is 2.75. The van der Waals surface area contributed by atoms with Gasteiger partial charge in [-0.2, -0.15) is 0 Å². The molecule has 2 aromatic carbocycles. The van der Waals surface area contributed by atoms with Crippen LogP contribution >= 0.6 is 0 Å². The molecule has 0 N–H and O–H groups in total. The van der Waals surface area contributed by atoms with Crippen LogP contribution in [0, 0.1) is 0 Å². The van der Waals surface area contributed by atoms with Gasteiger partial charge in [-0.3, -0.25) is 0 Å². The van der Waals surface area contributed by atoms with E-state index in [1.54, 1.807) is 28.4 Å². The maximum absolute atomic E-state index is 5.34. The Morgan fingerprint density at radius 2 is 0.821 bits per heavy atom. The number of hydrogen-bond donors (Lipinski definition) is 0. The highest BCUT2D eigenvalue weighted by Crippen LogP contribution is 2.28. The monoisotopic (exact) mass is 380 g/mol. The molecular weight excluding hydrogens is 352 g/mol. The molecule has 0 spiro atoms. The van der Waals surface area contributed by atoms with Gasteiger partial charge in [-0.05, 0) is 60.4 Å². The van der Waals surface area contributed by atoms with Crippen molar-refractivity contribution in [3.05, 3.63) is 71.8 Å². The second-order valence-corrected chi connectivity index (χ2v) is 6.29. The first-order valence-electron chi connectivity index (χ1n) is 8.99. The first-order valence-corrected chi connectivity index (χ1v) is 8.99. The van der Waals surface area contributed by atoms with E-state index in [0.717, 1.165) is 45.3 Å². The lowest BCUT2D eigenvalue weighted by atomic mass is 10.1. The standard InChI is InChI=1S/C24H28O4/c1-17(19-11-21(25-3)15-22(12-19)26-4)9-7-8-10-18(2)20-13-23(27-5)16-24(14-20)28-6/h7-16H,1-6H3/b8-7+,17-9+,18-10+. The minimum absolute atomic E-state index is 0.772. The van der Waals surface area contributed by atoms with Gasteiger partial charge in [0.25, 0.3) is 0 Å². The normalized spacial score (nSPS) is 12.2. The second-order valence-electron chi connectivity index (χ2n) is 6.29. The summed E-state index contributed by atoms with van der Waals surface area (Å²) < 4.78 is 21.3. The number of rotatable bonds is 8. The van der Waals surface area contributed by atoms with E-state index in [-0.39, 0.29) is 0 Å². The molecule has 0 aliphatic rings. The van der Waals surface area contributed by atoms with Crippen molar-refractivity contribution in [2.24, 2.45) is 0 Å². The van der Waals surface area contributed by atoms with Gasteiger partial charge in [-0.15, -0.1) is 0 Å². The zero-order chi connectivity index (χ0) is 20.5. The lowest BCUT2D eigenvalue weighted by Gasteiger charge is -2.08. The maximum atomic E-state index is 5.34. The highest BCUT2D eigenvalue weighted by molar-refractivity contribution is 5.70. The lowest BCUT2D eigenvalue weighted by molar-refractivity contribution is 0.394. The molecule has 0 heterocycles. The van der Waals surface area contributed by atoms with E-state index < -0.39 is 0 Å². The summed E-state index contributed by atoms with van der Waals surface area (Å²) in [5, 5.41) is 0. The van der Waals surface area contributed by atoms with Crippen molar-refractivity contribution >= 4 is 11.1 Å². The van der Waals surface area contributed by atoms with Crippen LogP contribution in [0.1, 0.15) is 25.0 Å². The molecule has 2 aromatic rings. The van der Waals surface area contributed by atoms with Crippen molar-refractivity contribution in [3.8, 4) is 23.0 Å². The van der Waals surface area contributed by atoms with Gasteiger partial charge >= 0.3 is 0 Å². The van der Waals surface area contributed by atoms with Crippen LogP contribution in [0.15, 0.2) is 60.7 Å². The fourth-order valence-corrected chi connectivity index (χ4v) is 2.66. The first kappa shape index (κ1) is 21.2. The summed E-state index contributed by atoms with van der Waals surface area (Å²) in [7, 11) is 6.61. The number of benzene rings is 2. The number of allylic oxidation sites excluding steroid dienone is 6. The Morgan fingerprint density at radius 3 is 1.07 bits per heavy atom. The van der Waals surface area contributed by atoms with E-state index in [2.05, 4.69) is 26.0 Å². The van der Waals surface area contributed by atoms with Crippen molar-refractivity contribution in [1.29, 1.82) is 0 Å². The van der Waals surface area contributed by atoms with Gasteiger partial charge in [0.15, 0.2) is 0 Å². The topological polar surface area (TPSA) is 36.9 Å². The van der Waals surface area contributed by atoms with Gasteiger partial charge in [-0.25, -0.2) is 0 Å². The molecule has 4 nitrogen and oxygen atoms in total. The first-order chi connectivity index (χ1) is 13.5. The van der Waals surface area contributed by atoms with Crippen LogP contribution < -0.4 is 18.9 Å². The molecule has 0 atom stereocenters. The molecule has 0 aliphatic heterocycles. The van der Waals surface area contributed by atoms with E-state index in [9.17, 15) is 0 Å². The molecule has 0 fully saturated rings. The molecular formula is C24H28O4. The third kappa shape index (κ3) is 5.68. The zero-order valence-electron chi connectivity index (χ0n) is 17.4. The summed E-state index contributed by atoms with van der Waals surface area (Å²) >= 11 is 0. The van der Waals surface area contributed by atoms with Gasteiger partial charge in [0.1, 0.15) is 23.0 Å². The summed E-state index contributed by atoms with van der Waals surface area (Å²) in [4.78, 5) is 0. The molecule has 4 heteroatoms. The molecule has 0 saturated heterocycles. The Morgan fingerprint density at radius 1 is 0.536 bits per heavy atom. The maximum Gasteiger partial charge on any atom is 0.123 e. The minimum atomic E-state index is 0.772. The third-order valence-electron chi connectivity index (χ3n) is 4.42. The SMILES string of the molecule is COc1cc(OC)cc(/C(C)=C/C=C/C=C(\C)c2cc(OC)cc(OC)c2)c1. The van der Waals surface area contributed by atoms with Crippen LogP contribution in [0.3, 0.4) is 0 Å². The summed E-state index contributed by atoms with van der Waals surface area (Å²) in [5.74, 6) is 3.09. The Balaban J connectivity index is 2.19. The van der Waals surface area contributed by atoms with Gasteiger partial charge in [0, 0.05) is 12.1 Å². The van der Waals surface area contributed by atoms with Crippen LogP contribution in [0.2, 0.25) is 0 Å².